The molecule has 3 N–H and O–H groups in total. The van der Waals surface area contributed by atoms with Gasteiger partial charge >= 0.3 is 0 Å². The van der Waals surface area contributed by atoms with Crippen LogP contribution >= 0.6 is 0 Å². The Kier molecular flexibility index (Phi) is 3.29. The molecule has 0 saturated heterocycles. The minimum Gasteiger partial charge on any atom is -0.354 e. The zero-order valence-corrected chi connectivity index (χ0v) is 9.43. The van der Waals surface area contributed by atoms with Gasteiger partial charge in [0.05, 0.1) is 0 Å². The fourth-order valence-electron chi connectivity index (χ4n) is 2.36. The molecule has 0 radical (unpaired) electrons. The van der Waals surface area contributed by atoms with Crippen molar-refractivity contribution in [2.24, 2.45) is 11.7 Å². The molecule has 2 rings (SSSR count). The number of nitrogens with one attached hydrogen (secondary N) is 1. The average molecular weight is 210 g/mol. The van der Waals surface area contributed by atoms with Crippen LogP contribution in [-0.2, 0) is 4.79 Å². The Balaban J connectivity index is 1.77. The number of carbonyl (C=O) groups is 1. The number of hydrogen-bond donors (Lipinski definition) is 2. The quantitative estimate of drug-likeness (QED) is 0.695. The molecule has 0 spiro atoms. The van der Waals surface area contributed by atoms with Crippen molar-refractivity contribution in [1.29, 1.82) is 0 Å². The van der Waals surface area contributed by atoms with Gasteiger partial charge in [0.2, 0.25) is 5.91 Å². The van der Waals surface area contributed by atoms with Crippen LogP contribution in [0.15, 0.2) is 0 Å². The number of nitrogens with two attached hydrogens (primary N) is 1. The summed E-state index contributed by atoms with van der Waals surface area (Å²) >= 11 is 0. The van der Waals surface area contributed by atoms with Gasteiger partial charge in [-0.2, -0.15) is 0 Å². The molecule has 0 aliphatic heterocycles. The van der Waals surface area contributed by atoms with Crippen LogP contribution in [0, 0.1) is 5.92 Å². The van der Waals surface area contributed by atoms with E-state index in [1.54, 1.807) is 0 Å². The van der Waals surface area contributed by atoms with Crippen molar-refractivity contribution >= 4 is 5.91 Å². The lowest BCUT2D eigenvalue weighted by Crippen LogP contribution is -2.50. The van der Waals surface area contributed by atoms with Crippen LogP contribution in [0.3, 0.4) is 0 Å². The molecule has 15 heavy (non-hydrogen) atoms. The lowest BCUT2D eigenvalue weighted by atomic mass is 9.91. The lowest BCUT2D eigenvalue weighted by Gasteiger charge is -2.28. The Hall–Kier alpha value is -0.570. The van der Waals surface area contributed by atoms with Crippen molar-refractivity contribution in [3.8, 4) is 0 Å². The van der Waals surface area contributed by atoms with Gasteiger partial charge in [-0.05, 0) is 25.7 Å². The van der Waals surface area contributed by atoms with Crippen molar-refractivity contribution in [1.82, 2.24) is 5.32 Å². The van der Waals surface area contributed by atoms with E-state index in [0.717, 1.165) is 25.7 Å². The van der Waals surface area contributed by atoms with Gasteiger partial charge in [-0.15, -0.1) is 0 Å². The average Bonchev–Trinajstić information content (AvgIpc) is 3.01. The SMILES string of the molecule is NC1(CNC(=O)C2CC2)CCCCCC1. The van der Waals surface area contributed by atoms with Crippen LogP contribution in [0.25, 0.3) is 0 Å². The Labute approximate surface area is 91.8 Å². The summed E-state index contributed by atoms with van der Waals surface area (Å²) in [4.78, 5) is 11.5. The molecule has 3 heteroatoms. The molecule has 3 nitrogen and oxygen atoms in total. The molecule has 0 bridgehead atoms. The molecule has 2 aliphatic carbocycles. The second kappa shape index (κ2) is 4.52. The number of amides is 1. The van der Waals surface area contributed by atoms with E-state index in [2.05, 4.69) is 5.32 Å². The first-order valence-electron chi connectivity index (χ1n) is 6.26. The molecular weight excluding hydrogens is 188 g/mol. The highest BCUT2D eigenvalue weighted by Gasteiger charge is 2.32. The van der Waals surface area contributed by atoms with E-state index in [9.17, 15) is 4.79 Å². The van der Waals surface area contributed by atoms with Gasteiger partial charge in [-0.1, -0.05) is 25.7 Å². The fraction of sp³-hybridized carbons (Fsp3) is 0.917. The van der Waals surface area contributed by atoms with Gasteiger partial charge in [0, 0.05) is 18.0 Å². The predicted molar refractivity (Wildman–Crippen MR) is 60.4 cm³/mol. The van der Waals surface area contributed by atoms with Crippen LogP contribution in [0.4, 0.5) is 0 Å². The molecule has 2 aliphatic rings. The Morgan fingerprint density at radius 3 is 2.33 bits per heavy atom. The molecular formula is C12H22N2O. The van der Waals surface area contributed by atoms with Gasteiger partial charge in [-0.3, -0.25) is 4.79 Å². The summed E-state index contributed by atoms with van der Waals surface area (Å²) in [6.45, 7) is 0.683. The van der Waals surface area contributed by atoms with Crippen molar-refractivity contribution in [3.05, 3.63) is 0 Å². The molecule has 0 heterocycles. The molecule has 2 saturated carbocycles. The van der Waals surface area contributed by atoms with Gasteiger partial charge in [-0.25, -0.2) is 0 Å². The van der Waals surface area contributed by atoms with Crippen molar-refractivity contribution in [2.75, 3.05) is 6.54 Å². The van der Waals surface area contributed by atoms with E-state index < -0.39 is 0 Å². The van der Waals surface area contributed by atoms with Crippen LogP contribution in [0.2, 0.25) is 0 Å². The molecule has 86 valence electrons. The standard InChI is InChI=1S/C12H22N2O/c13-12(7-3-1-2-4-8-12)9-14-11(15)10-5-6-10/h10H,1-9,13H2,(H,14,15). The van der Waals surface area contributed by atoms with Crippen LogP contribution in [-0.4, -0.2) is 18.0 Å². The van der Waals surface area contributed by atoms with Gasteiger partial charge < -0.3 is 11.1 Å². The Morgan fingerprint density at radius 1 is 1.20 bits per heavy atom. The largest absolute Gasteiger partial charge is 0.354 e. The summed E-state index contributed by atoms with van der Waals surface area (Å²) in [5, 5.41) is 3.02. The second-order valence-electron chi connectivity index (χ2n) is 5.27. The smallest absolute Gasteiger partial charge is 0.223 e. The highest BCUT2D eigenvalue weighted by Crippen LogP contribution is 2.29. The van der Waals surface area contributed by atoms with E-state index in [4.69, 9.17) is 5.73 Å². The zero-order valence-electron chi connectivity index (χ0n) is 9.43. The predicted octanol–water partition coefficient (Wildman–Crippen LogP) is 1.56. The third-order valence-corrected chi connectivity index (χ3v) is 3.66. The maximum atomic E-state index is 11.5. The Bertz CT molecular complexity index is 228. The molecule has 2 fully saturated rings. The normalized spacial score (nSPS) is 25.7. The summed E-state index contributed by atoms with van der Waals surface area (Å²) in [6, 6.07) is 0. The first-order chi connectivity index (χ1) is 7.20. The van der Waals surface area contributed by atoms with E-state index in [-0.39, 0.29) is 11.4 Å². The van der Waals surface area contributed by atoms with Crippen LogP contribution in [0.1, 0.15) is 51.4 Å². The van der Waals surface area contributed by atoms with Gasteiger partial charge in [0.1, 0.15) is 0 Å². The Morgan fingerprint density at radius 2 is 1.80 bits per heavy atom. The summed E-state index contributed by atoms with van der Waals surface area (Å²) in [5.41, 5.74) is 6.19. The molecule has 0 aromatic carbocycles. The molecule has 0 aromatic heterocycles. The highest BCUT2D eigenvalue weighted by atomic mass is 16.2. The summed E-state index contributed by atoms with van der Waals surface area (Å²) in [5.74, 6) is 0.531. The van der Waals surface area contributed by atoms with E-state index in [0.29, 0.717) is 12.5 Å². The summed E-state index contributed by atoms with van der Waals surface area (Å²) < 4.78 is 0. The third kappa shape index (κ3) is 3.20. The van der Waals surface area contributed by atoms with E-state index in [1.165, 1.54) is 25.7 Å². The second-order valence-corrected chi connectivity index (χ2v) is 5.27. The molecule has 0 atom stereocenters. The highest BCUT2D eigenvalue weighted by molar-refractivity contribution is 5.80. The maximum Gasteiger partial charge on any atom is 0.223 e. The van der Waals surface area contributed by atoms with Crippen LogP contribution < -0.4 is 11.1 Å². The summed E-state index contributed by atoms with van der Waals surface area (Å²) in [7, 11) is 0. The molecule has 0 unspecified atom stereocenters. The van der Waals surface area contributed by atoms with Gasteiger partial charge in [0.25, 0.3) is 0 Å². The van der Waals surface area contributed by atoms with Crippen molar-refractivity contribution < 1.29 is 4.79 Å². The van der Waals surface area contributed by atoms with Crippen LogP contribution in [0.5, 0.6) is 0 Å². The van der Waals surface area contributed by atoms with Gasteiger partial charge in [0.15, 0.2) is 0 Å². The maximum absolute atomic E-state index is 11.5. The zero-order chi connectivity index (χ0) is 10.7. The van der Waals surface area contributed by atoms with Crippen molar-refractivity contribution in [2.45, 2.75) is 56.9 Å². The van der Waals surface area contributed by atoms with E-state index in [1.807, 2.05) is 0 Å². The molecule has 1 amide bonds. The first kappa shape index (κ1) is 10.9. The van der Waals surface area contributed by atoms with Crippen molar-refractivity contribution in [3.63, 3.8) is 0 Å². The first-order valence-corrected chi connectivity index (χ1v) is 6.26. The lowest BCUT2D eigenvalue weighted by molar-refractivity contribution is -0.122. The summed E-state index contributed by atoms with van der Waals surface area (Å²) in [6.07, 6.45) is 9.32. The van der Waals surface area contributed by atoms with E-state index >= 15 is 0 Å². The minimum absolute atomic E-state index is 0.124. The molecule has 0 aromatic rings. The topological polar surface area (TPSA) is 55.1 Å². The minimum atomic E-state index is -0.124. The number of hydrogen-bond acceptors (Lipinski definition) is 2. The fourth-order valence-corrected chi connectivity index (χ4v) is 2.36. The third-order valence-electron chi connectivity index (χ3n) is 3.66. The number of rotatable bonds is 3. The monoisotopic (exact) mass is 210 g/mol. The number of carbonyl (C=O) groups excluding carboxylic acids is 1.